The monoisotopic (exact) mass is 241 g/mol. The molecule has 4 heteroatoms. The van der Waals surface area contributed by atoms with E-state index >= 15 is 0 Å². The molecule has 0 aliphatic carbocycles. The van der Waals surface area contributed by atoms with Gasteiger partial charge in [-0.25, -0.2) is 0 Å². The average molecular weight is 242 g/mol. The molecule has 0 spiro atoms. The van der Waals surface area contributed by atoms with Gasteiger partial charge in [-0.05, 0) is 30.2 Å². The van der Waals surface area contributed by atoms with Crippen LogP contribution in [0.15, 0.2) is 18.2 Å². The van der Waals surface area contributed by atoms with Gasteiger partial charge >= 0.3 is 5.97 Å². The van der Waals surface area contributed by atoms with E-state index in [4.69, 9.17) is 17.3 Å². The first kappa shape index (κ1) is 12.8. The molecule has 3 N–H and O–H groups in total. The van der Waals surface area contributed by atoms with Crippen LogP contribution in [0.25, 0.3) is 0 Å². The molecule has 0 radical (unpaired) electrons. The Morgan fingerprint density at radius 1 is 1.56 bits per heavy atom. The third-order valence-corrected chi connectivity index (χ3v) is 2.80. The topological polar surface area (TPSA) is 63.3 Å². The zero-order valence-corrected chi connectivity index (χ0v) is 10.00. The molecular formula is C12H16ClNO2. The van der Waals surface area contributed by atoms with Gasteiger partial charge in [0.2, 0.25) is 0 Å². The Hall–Kier alpha value is -1.22. The van der Waals surface area contributed by atoms with Gasteiger partial charge < -0.3 is 10.8 Å². The lowest BCUT2D eigenvalue weighted by atomic mass is 9.92. The van der Waals surface area contributed by atoms with Crippen LogP contribution in [0.1, 0.15) is 37.7 Å². The van der Waals surface area contributed by atoms with E-state index in [1.165, 1.54) is 0 Å². The number of carboxylic acid groups (broad SMARTS) is 1. The van der Waals surface area contributed by atoms with E-state index in [1.807, 2.05) is 6.92 Å². The molecule has 0 aliphatic heterocycles. The SMILES string of the molecule is CCCCC(C(=O)O)c1cc(Cl)ccc1N. The second kappa shape index (κ2) is 5.75. The Labute approximate surface area is 100 Å². The molecule has 0 aliphatic rings. The Kier molecular flexibility index (Phi) is 4.62. The molecule has 16 heavy (non-hydrogen) atoms. The molecule has 0 fully saturated rings. The number of anilines is 1. The molecule has 1 atom stereocenters. The number of carboxylic acids is 1. The van der Waals surface area contributed by atoms with Gasteiger partial charge in [-0.1, -0.05) is 31.4 Å². The van der Waals surface area contributed by atoms with Crippen LogP contribution in [0.3, 0.4) is 0 Å². The van der Waals surface area contributed by atoms with E-state index < -0.39 is 11.9 Å². The normalized spacial score (nSPS) is 12.4. The lowest BCUT2D eigenvalue weighted by Crippen LogP contribution is -2.13. The molecule has 0 saturated heterocycles. The van der Waals surface area contributed by atoms with Crippen molar-refractivity contribution in [2.24, 2.45) is 0 Å². The molecule has 0 bridgehead atoms. The van der Waals surface area contributed by atoms with Crippen molar-refractivity contribution in [3.05, 3.63) is 28.8 Å². The van der Waals surface area contributed by atoms with Crippen LogP contribution in [0.5, 0.6) is 0 Å². The summed E-state index contributed by atoms with van der Waals surface area (Å²) in [6.45, 7) is 2.03. The number of hydrogen-bond donors (Lipinski definition) is 2. The maximum atomic E-state index is 11.2. The molecule has 0 saturated carbocycles. The largest absolute Gasteiger partial charge is 0.481 e. The van der Waals surface area contributed by atoms with Gasteiger partial charge in [-0.15, -0.1) is 0 Å². The van der Waals surface area contributed by atoms with Crippen LogP contribution < -0.4 is 5.73 Å². The quantitative estimate of drug-likeness (QED) is 0.778. The summed E-state index contributed by atoms with van der Waals surface area (Å²) in [5.74, 6) is -1.40. The molecule has 0 amide bonds. The number of halogens is 1. The fourth-order valence-corrected chi connectivity index (χ4v) is 1.85. The average Bonchev–Trinajstić information content (AvgIpc) is 2.23. The second-order valence-electron chi connectivity index (χ2n) is 3.81. The summed E-state index contributed by atoms with van der Waals surface area (Å²) < 4.78 is 0. The van der Waals surface area contributed by atoms with Gasteiger partial charge in [-0.3, -0.25) is 4.79 Å². The van der Waals surface area contributed by atoms with Crippen molar-refractivity contribution in [1.29, 1.82) is 0 Å². The Bertz CT molecular complexity index is 379. The minimum Gasteiger partial charge on any atom is -0.481 e. The summed E-state index contributed by atoms with van der Waals surface area (Å²) in [5, 5.41) is 9.69. The Balaban J connectivity index is 3.00. The highest BCUT2D eigenvalue weighted by atomic mass is 35.5. The number of nitrogen functional groups attached to an aromatic ring is 1. The first-order valence-corrected chi connectivity index (χ1v) is 5.71. The Morgan fingerprint density at radius 2 is 2.25 bits per heavy atom. The summed E-state index contributed by atoms with van der Waals surface area (Å²) in [6, 6.07) is 4.96. The number of nitrogens with two attached hydrogens (primary N) is 1. The zero-order valence-electron chi connectivity index (χ0n) is 9.24. The van der Waals surface area contributed by atoms with Crippen LogP contribution in [-0.4, -0.2) is 11.1 Å². The predicted octanol–water partition coefficient (Wildman–Crippen LogP) is 3.28. The highest BCUT2D eigenvalue weighted by Gasteiger charge is 2.21. The standard InChI is InChI=1S/C12H16ClNO2/c1-2-3-4-9(12(15)16)10-7-8(13)5-6-11(10)14/h5-7,9H,2-4,14H2,1H3,(H,15,16). The van der Waals surface area contributed by atoms with Gasteiger partial charge in [0.1, 0.15) is 0 Å². The Morgan fingerprint density at radius 3 is 2.81 bits per heavy atom. The van der Waals surface area contributed by atoms with Crippen LogP contribution in [0.2, 0.25) is 5.02 Å². The van der Waals surface area contributed by atoms with Crippen LogP contribution in [-0.2, 0) is 4.79 Å². The summed E-state index contributed by atoms with van der Waals surface area (Å²) in [7, 11) is 0. The molecule has 1 aromatic rings. The molecule has 0 aromatic heterocycles. The smallest absolute Gasteiger partial charge is 0.311 e. The summed E-state index contributed by atoms with van der Waals surface area (Å²) in [4.78, 5) is 11.2. The lowest BCUT2D eigenvalue weighted by Gasteiger charge is -2.14. The number of benzene rings is 1. The van der Waals surface area contributed by atoms with Gasteiger partial charge in [0.25, 0.3) is 0 Å². The molecule has 1 rings (SSSR count). The number of rotatable bonds is 5. The van der Waals surface area contributed by atoms with Crippen molar-refractivity contribution in [3.8, 4) is 0 Å². The predicted molar refractivity (Wildman–Crippen MR) is 65.8 cm³/mol. The van der Waals surface area contributed by atoms with Crippen molar-refractivity contribution in [1.82, 2.24) is 0 Å². The van der Waals surface area contributed by atoms with Crippen molar-refractivity contribution < 1.29 is 9.90 Å². The maximum Gasteiger partial charge on any atom is 0.311 e. The first-order chi connectivity index (χ1) is 7.56. The highest BCUT2D eigenvalue weighted by Crippen LogP contribution is 2.29. The van der Waals surface area contributed by atoms with E-state index in [0.717, 1.165) is 12.8 Å². The third kappa shape index (κ3) is 3.14. The van der Waals surface area contributed by atoms with Crippen LogP contribution in [0, 0.1) is 0 Å². The van der Waals surface area contributed by atoms with E-state index in [-0.39, 0.29) is 0 Å². The fraction of sp³-hybridized carbons (Fsp3) is 0.417. The summed E-state index contributed by atoms with van der Waals surface area (Å²) >= 11 is 5.85. The molecule has 3 nitrogen and oxygen atoms in total. The third-order valence-electron chi connectivity index (χ3n) is 2.57. The van der Waals surface area contributed by atoms with Gasteiger partial charge in [0.15, 0.2) is 0 Å². The van der Waals surface area contributed by atoms with E-state index in [0.29, 0.717) is 22.7 Å². The highest BCUT2D eigenvalue weighted by molar-refractivity contribution is 6.30. The van der Waals surface area contributed by atoms with Crippen LogP contribution in [0.4, 0.5) is 5.69 Å². The van der Waals surface area contributed by atoms with E-state index in [2.05, 4.69) is 0 Å². The molecule has 1 unspecified atom stereocenters. The number of hydrogen-bond acceptors (Lipinski definition) is 2. The van der Waals surface area contributed by atoms with Gasteiger partial charge in [-0.2, -0.15) is 0 Å². The lowest BCUT2D eigenvalue weighted by molar-refractivity contribution is -0.139. The zero-order chi connectivity index (χ0) is 12.1. The van der Waals surface area contributed by atoms with Crippen molar-refractivity contribution in [2.75, 3.05) is 5.73 Å². The number of unbranched alkanes of at least 4 members (excludes halogenated alkanes) is 1. The maximum absolute atomic E-state index is 11.2. The second-order valence-corrected chi connectivity index (χ2v) is 4.24. The molecule has 0 heterocycles. The number of aliphatic carboxylic acids is 1. The van der Waals surface area contributed by atoms with Crippen molar-refractivity contribution in [3.63, 3.8) is 0 Å². The summed E-state index contributed by atoms with van der Waals surface area (Å²) in [5.41, 5.74) is 6.89. The summed E-state index contributed by atoms with van der Waals surface area (Å²) in [6.07, 6.45) is 2.42. The first-order valence-electron chi connectivity index (χ1n) is 5.34. The van der Waals surface area contributed by atoms with Gasteiger partial charge in [0.05, 0.1) is 5.92 Å². The minimum absolute atomic E-state index is 0.493. The van der Waals surface area contributed by atoms with Crippen molar-refractivity contribution in [2.45, 2.75) is 32.1 Å². The molecule has 1 aromatic carbocycles. The van der Waals surface area contributed by atoms with Crippen molar-refractivity contribution >= 4 is 23.3 Å². The molecule has 88 valence electrons. The molecular weight excluding hydrogens is 226 g/mol. The van der Waals surface area contributed by atoms with Crippen LogP contribution >= 0.6 is 11.6 Å². The van der Waals surface area contributed by atoms with Gasteiger partial charge in [0, 0.05) is 10.7 Å². The van der Waals surface area contributed by atoms with E-state index in [1.54, 1.807) is 18.2 Å². The van der Waals surface area contributed by atoms with E-state index in [9.17, 15) is 9.90 Å². The number of carbonyl (C=O) groups is 1. The minimum atomic E-state index is -0.845. The fourth-order valence-electron chi connectivity index (χ4n) is 1.67.